The van der Waals surface area contributed by atoms with E-state index in [0.29, 0.717) is 25.6 Å². The lowest BCUT2D eigenvalue weighted by atomic mass is 9.89. The maximum Gasteiger partial charge on any atom is 0.194 e. The van der Waals surface area contributed by atoms with Gasteiger partial charge in [-0.3, -0.25) is 0 Å². The van der Waals surface area contributed by atoms with Crippen molar-refractivity contribution in [2.24, 2.45) is 5.92 Å². The molecular formula is C21H24F3N3O4. The first kappa shape index (κ1) is 20.9. The van der Waals surface area contributed by atoms with Crippen LogP contribution in [-0.4, -0.2) is 52.0 Å². The molecule has 3 aliphatic heterocycles. The first-order valence-electron chi connectivity index (χ1n) is 10.3. The molecule has 1 aromatic heterocycles. The van der Waals surface area contributed by atoms with E-state index in [2.05, 4.69) is 17.2 Å². The first-order chi connectivity index (χ1) is 14.6. The normalized spacial score (nSPS) is 34.8. The third kappa shape index (κ3) is 3.75. The van der Waals surface area contributed by atoms with Crippen molar-refractivity contribution in [2.75, 3.05) is 13.2 Å². The number of hydrogen-bond donors (Lipinski definition) is 0. The molecule has 2 aromatic rings. The fourth-order valence-electron chi connectivity index (χ4n) is 4.69. The molecule has 5 atom stereocenters. The summed E-state index contributed by atoms with van der Waals surface area (Å²) in [6, 6.07) is 1.50. The van der Waals surface area contributed by atoms with Crippen molar-refractivity contribution in [1.82, 2.24) is 15.0 Å². The van der Waals surface area contributed by atoms with E-state index in [9.17, 15) is 13.2 Å². The van der Waals surface area contributed by atoms with Gasteiger partial charge in [-0.25, -0.2) is 17.9 Å². The summed E-state index contributed by atoms with van der Waals surface area (Å²) in [7, 11) is 0. The predicted octanol–water partition coefficient (Wildman–Crippen LogP) is 3.60. The minimum Gasteiger partial charge on any atom is -0.350 e. The molecule has 0 aliphatic carbocycles. The van der Waals surface area contributed by atoms with Gasteiger partial charge in [-0.15, -0.1) is 5.10 Å². The van der Waals surface area contributed by atoms with Gasteiger partial charge in [-0.2, -0.15) is 0 Å². The fraction of sp³-hybridized carbons (Fsp3) is 0.619. The van der Waals surface area contributed by atoms with E-state index in [0.717, 1.165) is 18.6 Å². The molecule has 1 spiro atoms. The highest BCUT2D eigenvalue weighted by Crippen LogP contribution is 2.47. The zero-order chi connectivity index (χ0) is 22.0. The van der Waals surface area contributed by atoms with Crippen LogP contribution in [0.1, 0.15) is 39.7 Å². The number of hydrogen-bond acceptors (Lipinski definition) is 6. The molecule has 5 rings (SSSR count). The zero-order valence-electron chi connectivity index (χ0n) is 17.5. The van der Waals surface area contributed by atoms with Gasteiger partial charge in [0.05, 0.1) is 25.5 Å². The van der Waals surface area contributed by atoms with Crippen molar-refractivity contribution >= 4 is 0 Å². The van der Waals surface area contributed by atoms with Crippen LogP contribution in [0.15, 0.2) is 18.3 Å². The molecule has 1 unspecified atom stereocenters. The molecule has 0 saturated carbocycles. The first-order valence-corrected chi connectivity index (χ1v) is 10.3. The van der Waals surface area contributed by atoms with Crippen molar-refractivity contribution in [3.8, 4) is 11.3 Å². The molecule has 168 valence electrons. The summed E-state index contributed by atoms with van der Waals surface area (Å²) in [5.41, 5.74) is 0.321. The Morgan fingerprint density at radius 2 is 1.77 bits per heavy atom. The Morgan fingerprint density at radius 1 is 1.03 bits per heavy atom. The van der Waals surface area contributed by atoms with Crippen LogP contribution in [0.4, 0.5) is 13.2 Å². The SMILES string of the molecule is CC1CO[C@]2(C1)C[C@@H](n1cc(-c3cc(F)c(F)c(F)c3)nn1)[C@H]1OC(C)(C)OC[C@H]1O2. The van der Waals surface area contributed by atoms with E-state index in [4.69, 9.17) is 18.9 Å². The van der Waals surface area contributed by atoms with Crippen LogP contribution in [0, 0.1) is 23.4 Å². The monoisotopic (exact) mass is 439 g/mol. The van der Waals surface area contributed by atoms with E-state index in [1.54, 1.807) is 10.9 Å². The van der Waals surface area contributed by atoms with Crippen molar-refractivity contribution in [2.45, 2.75) is 63.4 Å². The molecule has 31 heavy (non-hydrogen) atoms. The van der Waals surface area contributed by atoms with Gasteiger partial charge in [0, 0.05) is 18.4 Å². The lowest BCUT2D eigenvalue weighted by Crippen LogP contribution is -2.60. The highest BCUT2D eigenvalue weighted by molar-refractivity contribution is 5.57. The van der Waals surface area contributed by atoms with Gasteiger partial charge in [-0.1, -0.05) is 12.1 Å². The van der Waals surface area contributed by atoms with E-state index in [-0.39, 0.29) is 29.5 Å². The molecule has 3 fully saturated rings. The molecule has 3 aliphatic rings. The number of aromatic nitrogens is 3. The van der Waals surface area contributed by atoms with Gasteiger partial charge in [0.25, 0.3) is 0 Å². The number of halogens is 3. The molecule has 3 saturated heterocycles. The third-order valence-electron chi connectivity index (χ3n) is 6.07. The average molecular weight is 439 g/mol. The average Bonchev–Trinajstić information content (AvgIpc) is 3.33. The van der Waals surface area contributed by atoms with Crippen LogP contribution in [0.3, 0.4) is 0 Å². The summed E-state index contributed by atoms with van der Waals surface area (Å²) < 4.78 is 66.7. The van der Waals surface area contributed by atoms with E-state index in [1.165, 1.54) is 0 Å². The third-order valence-corrected chi connectivity index (χ3v) is 6.07. The van der Waals surface area contributed by atoms with Crippen molar-refractivity contribution in [3.05, 3.63) is 35.8 Å². The molecule has 0 N–H and O–H groups in total. The summed E-state index contributed by atoms with van der Waals surface area (Å²) in [5.74, 6) is -5.31. The van der Waals surface area contributed by atoms with E-state index >= 15 is 0 Å². The second-order valence-electron chi connectivity index (χ2n) is 9.09. The molecule has 1 aromatic carbocycles. The largest absolute Gasteiger partial charge is 0.350 e. The van der Waals surface area contributed by atoms with Gasteiger partial charge in [0.1, 0.15) is 17.9 Å². The maximum atomic E-state index is 13.7. The summed E-state index contributed by atoms with van der Waals surface area (Å²) in [6.07, 6.45) is 2.03. The lowest BCUT2D eigenvalue weighted by molar-refractivity contribution is -0.377. The Balaban J connectivity index is 1.49. The number of fused-ring (bicyclic) bond motifs is 1. The van der Waals surface area contributed by atoms with Crippen LogP contribution < -0.4 is 0 Å². The molecule has 10 heteroatoms. The maximum absolute atomic E-state index is 13.7. The smallest absolute Gasteiger partial charge is 0.194 e. The van der Waals surface area contributed by atoms with Crippen LogP contribution in [0.2, 0.25) is 0 Å². The Bertz CT molecular complexity index is 977. The molecule has 4 heterocycles. The standard InChI is InChI=1S/C21H24F3N3O4/c1-11-6-21(29-9-11)7-16(19-17(30-21)10-28-20(2,3)31-19)27-8-15(25-26-27)12-4-13(22)18(24)14(23)5-12/h4-5,8,11,16-17,19H,6-7,9-10H2,1-3H3/t11?,16-,17-,19-,21+/m1/s1. The van der Waals surface area contributed by atoms with E-state index < -0.39 is 29.0 Å². The summed E-state index contributed by atoms with van der Waals surface area (Å²) in [6.45, 7) is 6.68. The van der Waals surface area contributed by atoms with Crippen LogP contribution >= 0.6 is 0 Å². The molecule has 0 bridgehead atoms. The van der Waals surface area contributed by atoms with E-state index in [1.807, 2.05) is 13.8 Å². The van der Waals surface area contributed by atoms with Crippen LogP contribution in [-0.2, 0) is 18.9 Å². The van der Waals surface area contributed by atoms with Crippen LogP contribution in [0.5, 0.6) is 0 Å². The molecule has 0 amide bonds. The van der Waals surface area contributed by atoms with Crippen LogP contribution in [0.25, 0.3) is 11.3 Å². The Morgan fingerprint density at radius 3 is 2.45 bits per heavy atom. The minimum absolute atomic E-state index is 0.0972. The zero-order valence-corrected chi connectivity index (χ0v) is 17.5. The second kappa shape index (κ2) is 7.26. The Hall–Kier alpha value is -2.01. The fourth-order valence-corrected chi connectivity index (χ4v) is 4.69. The lowest BCUT2D eigenvalue weighted by Gasteiger charge is -2.51. The number of benzene rings is 1. The van der Waals surface area contributed by atoms with Gasteiger partial charge < -0.3 is 18.9 Å². The second-order valence-corrected chi connectivity index (χ2v) is 9.09. The summed E-state index contributed by atoms with van der Waals surface area (Å²) in [4.78, 5) is 0. The predicted molar refractivity (Wildman–Crippen MR) is 101 cm³/mol. The van der Waals surface area contributed by atoms with Gasteiger partial charge in [0.2, 0.25) is 0 Å². The highest BCUT2D eigenvalue weighted by Gasteiger charge is 2.55. The minimum atomic E-state index is -1.52. The van der Waals surface area contributed by atoms with Gasteiger partial charge >= 0.3 is 0 Å². The Kier molecular flexibility index (Phi) is 4.89. The van der Waals surface area contributed by atoms with Gasteiger partial charge in [0.15, 0.2) is 29.0 Å². The number of nitrogens with zero attached hydrogens (tertiary/aromatic N) is 3. The summed E-state index contributed by atoms with van der Waals surface area (Å²) in [5, 5.41) is 8.27. The van der Waals surface area contributed by atoms with Crippen molar-refractivity contribution in [3.63, 3.8) is 0 Å². The Labute approximate surface area is 177 Å². The summed E-state index contributed by atoms with van der Waals surface area (Å²) >= 11 is 0. The molecule has 0 radical (unpaired) electrons. The highest BCUT2D eigenvalue weighted by atomic mass is 19.2. The number of ether oxygens (including phenoxy) is 4. The molecular weight excluding hydrogens is 415 g/mol. The van der Waals surface area contributed by atoms with Crippen molar-refractivity contribution in [1.29, 1.82) is 0 Å². The molecule has 7 nitrogen and oxygen atoms in total. The van der Waals surface area contributed by atoms with Gasteiger partial charge in [-0.05, 0) is 31.9 Å². The van der Waals surface area contributed by atoms with Crippen molar-refractivity contribution < 1.29 is 32.1 Å². The number of rotatable bonds is 2. The topological polar surface area (TPSA) is 67.6 Å². The quantitative estimate of drug-likeness (QED) is 0.667.